The molecular weight excluding hydrogens is 380 g/mol. The van der Waals surface area contributed by atoms with Crippen LogP contribution >= 0.6 is 34.8 Å². The van der Waals surface area contributed by atoms with Crippen LogP contribution in [0.25, 0.3) is 0 Å². The van der Waals surface area contributed by atoms with Crippen molar-refractivity contribution >= 4 is 58.5 Å². The molecule has 5 nitrogen and oxygen atoms in total. The molecule has 24 heavy (non-hydrogen) atoms. The van der Waals surface area contributed by atoms with Crippen LogP contribution in [0.15, 0.2) is 41.5 Å². The Bertz CT molecular complexity index is 804. The summed E-state index contributed by atoms with van der Waals surface area (Å²) < 4.78 is 13.3. The molecule has 0 aliphatic carbocycles. The molecule has 0 fully saturated rings. The van der Waals surface area contributed by atoms with Crippen LogP contribution in [0.1, 0.15) is 5.56 Å². The molecule has 0 saturated heterocycles. The molecule has 9 heteroatoms. The van der Waals surface area contributed by atoms with Crippen molar-refractivity contribution in [2.45, 2.75) is 0 Å². The lowest BCUT2D eigenvalue weighted by atomic mass is 10.2. The van der Waals surface area contributed by atoms with Gasteiger partial charge in [0.2, 0.25) is 0 Å². The van der Waals surface area contributed by atoms with Crippen LogP contribution in [0.5, 0.6) is 0 Å². The summed E-state index contributed by atoms with van der Waals surface area (Å²) in [7, 11) is 0. The highest BCUT2D eigenvalue weighted by Crippen LogP contribution is 2.33. The lowest BCUT2D eigenvalue weighted by molar-refractivity contribution is -0.136. The number of hydrogen-bond donors (Lipinski definition) is 2. The lowest BCUT2D eigenvalue weighted by Gasteiger charge is -2.06. The average Bonchev–Trinajstić information content (AvgIpc) is 2.54. The van der Waals surface area contributed by atoms with Crippen LogP contribution < -0.4 is 10.7 Å². The van der Waals surface area contributed by atoms with Gasteiger partial charge in [-0.05, 0) is 18.2 Å². The van der Waals surface area contributed by atoms with E-state index in [1.807, 2.05) is 5.43 Å². The van der Waals surface area contributed by atoms with Crippen molar-refractivity contribution in [3.63, 3.8) is 0 Å². The molecule has 2 amide bonds. The number of nitrogens with one attached hydrogen (secondary N) is 2. The summed E-state index contributed by atoms with van der Waals surface area (Å²) in [6, 6.07) is 8.49. The minimum atomic E-state index is -1.05. The Morgan fingerprint density at radius 3 is 2.29 bits per heavy atom. The number of hydrazone groups is 1. The topological polar surface area (TPSA) is 70.6 Å². The van der Waals surface area contributed by atoms with E-state index < -0.39 is 17.6 Å². The molecule has 124 valence electrons. The van der Waals surface area contributed by atoms with Gasteiger partial charge in [0.15, 0.2) is 0 Å². The number of carbonyl (C=O) groups is 2. The maximum Gasteiger partial charge on any atom is 0.329 e. The maximum absolute atomic E-state index is 13.3. The summed E-state index contributed by atoms with van der Waals surface area (Å²) in [4.78, 5) is 23.4. The highest BCUT2D eigenvalue weighted by molar-refractivity contribution is 6.48. The van der Waals surface area contributed by atoms with Crippen LogP contribution in [0.4, 0.5) is 10.1 Å². The first kappa shape index (κ1) is 18.2. The third-order valence-corrected chi connectivity index (χ3v) is 3.92. The largest absolute Gasteiger partial charge is 0.329 e. The summed E-state index contributed by atoms with van der Waals surface area (Å²) in [6.45, 7) is 0. The summed E-state index contributed by atoms with van der Waals surface area (Å²) in [5.41, 5.74) is 2.33. The monoisotopic (exact) mass is 387 g/mol. The second kappa shape index (κ2) is 8.10. The highest BCUT2D eigenvalue weighted by atomic mass is 35.5. The van der Waals surface area contributed by atoms with Crippen molar-refractivity contribution in [3.05, 3.63) is 62.8 Å². The molecule has 2 aromatic rings. The van der Waals surface area contributed by atoms with Gasteiger partial charge >= 0.3 is 11.8 Å². The zero-order valence-corrected chi connectivity index (χ0v) is 14.1. The minimum Gasteiger partial charge on any atom is -0.318 e. The Kier molecular flexibility index (Phi) is 6.14. The SMILES string of the molecule is O=C(NN=Cc1ccccc1F)C(=O)Nc1cc(Cl)c(Cl)c(Cl)c1. The first-order valence-corrected chi connectivity index (χ1v) is 7.55. The molecule has 0 atom stereocenters. The van der Waals surface area contributed by atoms with Gasteiger partial charge in [-0.3, -0.25) is 9.59 Å². The molecule has 0 saturated carbocycles. The van der Waals surface area contributed by atoms with Gasteiger partial charge in [0.1, 0.15) is 5.82 Å². The molecule has 2 rings (SSSR count). The van der Waals surface area contributed by atoms with Gasteiger partial charge in [0.05, 0.1) is 21.3 Å². The number of halogens is 4. The third-order valence-electron chi connectivity index (χ3n) is 2.72. The van der Waals surface area contributed by atoms with E-state index in [1.54, 1.807) is 6.07 Å². The van der Waals surface area contributed by atoms with Crippen molar-refractivity contribution in [1.29, 1.82) is 0 Å². The van der Waals surface area contributed by atoms with Crippen LogP contribution in [-0.2, 0) is 9.59 Å². The normalized spacial score (nSPS) is 10.7. The maximum atomic E-state index is 13.3. The van der Waals surface area contributed by atoms with E-state index in [-0.39, 0.29) is 26.3 Å². The van der Waals surface area contributed by atoms with E-state index >= 15 is 0 Å². The molecule has 2 N–H and O–H groups in total. The van der Waals surface area contributed by atoms with Crippen molar-refractivity contribution in [2.24, 2.45) is 5.10 Å². The smallest absolute Gasteiger partial charge is 0.318 e. The van der Waals surface area contributed by atoms with Gasteiger partial charge in [-0.2, -0.15) is 5.10 Å². The molecule has 2 aromatic carbocycles. The number of nitrogens with zero attached hydrogens (tertiary/aromatic N) is 1. The molecular formula is C15H9Cl3FN3O2. The number of hydrogen-bond acceptors (Lipinski definition) is 3. The second-order valence-electron chi connectivity index (χ2n) is 4.43. The van der Waals surface area contributed by atoms with Gasteiger partial charge in [-0.1, -0.05) is 53.0 Å². The summed E-state index contributed by atoms with van der Waals surface area (Å²) in [5, 5.41) is 6.18. The van der Waals surface area contributed by atoms with E-state index in [2.05, 4.69) is 10.4 Å². The van der Waals surface area contributed by atoms with Crippen LogP contribution in [0, 0.1) is 5.82 Å². The molecule has 0 aliphatic rings. The van der Waals surface area contributed by atoms with Gasteiger partial charge in [-0.15, -0.1) is 0 Å². The average molecular weight is 389 g/mol. The van der Waals surface area contributed by atoms with Gasteiger partial charge in [0, 0.05) is 11.3 Å². The van der Waals surface area contributed by atoms with E-state index in [4.69, 9.17) is 34.8 Å². The zero-order chi connectivity index (χ0) is 17.7. The van der Waals surface area contributed by atoms with Crippen molar-refractivity contribution in [2.75, 3.05) is 5.32 Å². The molecule has 0 aromatic heterocycles. The second-order valence-corrected chi connectivity index (χ2v) is 5.62. The third kappa shape index (κ3) is 4.67. The van der Waals surface area contributed by atoms with Gasteiger partial charge < -0.3 is 5.32 Å². The summed E-state index contributed by atoms with van der Waals surface area (Å²) >= 11 is 17.4. The molecule has 0 radical (unpaired) electrons. The Hall–Kier alpha value is -2.15. The standard InChI is InChI=1S/C15H9Cl3FN3O2/c16-10-5-9(6-11(17)13(10)18)21-14(23)15(24)22-20-7-8-3-1-2-4-12(8)19/h1-7H,(H,21,23)(H,22,24). The van der Waals surface area contributed by atoms with E-state index in [1.165, 1.54) is 30.3 Å². The van der Waals surface area contributed by atoms with Crippen LogP contribution in [0.2, 0.25) is 15.1 Å². The fraction of sp³-hybridized carbons (Fsp3) is 0. The predicted octanol–water partition coefficient (Wildman–Crippen LogP) is 3.87. The van der Waals surface area contributed by atoms with Crippen molar-refractivity contribution in [1.82, 2.24) is 5.43 Å². The fourth-order valence-corrected chi connectivity index (χ4v) is 2.20. The summed E-state index contributed by atoms with van der Waals surface area (Å²) in [6.07, 6.45) is 1.08. The Labute approximate surface area is 151 Å². The minimum absolute atomic E-state index is 0.123. The number of benzene rings is 2. The molecule has 0 aliphatic heterocycles. The van der Waals surface area contributed by atoms with Gasteiger partial charge in [0.25, 0.3) is 0 Å². The number of amides is 2. The first-order valence-electron chi connectivity index (χ1n) is 6.42. The first-order chi connectivity index (χ1) is 11.4. The van der Waals surface area contributed by atoms with Crippen LogP contribution in [0.3, 0.4) is 0 Å². The number of rotatable bonds is 3. The van der Waals surface area contributed by atoms with Crippen molar-refractivity contribution in [3.8, 4) is 0 Å². The molecule has 0 unspecified atom stereocenters. The Balaban J connectivity index is 1.98. The molecule has 0 spiro atoms. The Morgan fingerprint density at radius 2 is 1.67 bits per heavy atom. The number of carbonyl (C=O) groups excluding carboxylic acids is 2. The van der Waals surface area contributed by atoms with Crippen LogP contribution in [-0.4, -0.2) is 18.0 Å². The fourth-order valence-electron chi connectivity index (χ4n) is 1.61. The molecule has 0 heterocycles. The van der Waals surface area contributed by atoms with Gasteiger partial charge in [-0.25, -0.2) is 9.82 Å². The lowest BCUT2D eigenvalue weighted by Crippen LogP contribution is -2.32. The quantitative estimate of drug-likeness (QED) is 0.363. The van der Waals surface area contributed by atoms with Crippen molar-refractivity contribution < 1.29 is 14.0 Å². The summed E-state index contributed by atoms with van der Waals surface area (Å²) in [5.74, 6) is -2.56. The van der Waals surface area contributed by atoms with E-state index in [9.17, 15) is 14.0 Å². The highest BCUT2D eigenvalue weighted by Gasteiger charge is 2.14. The number of anilines is 1. The molecule has 0 bridgehead atoms. The van der Waals surface area contributed by atoms with E-state index in [0.29, 0.717) is 0 Å². The zero-order valence-electron chi connectivity index (χ0n) is 11.8. The predicted molar refractivity (Wildman–Crippen MR) is 92.2 cm³/mol. The Morgan fingerprint density at radius 1 is 1.04 bits per heavy atom. The van der Waals surface area contributed by atoms with E-state index in [0.717, 1.165) is 6.21 Å².